The molecule has 4 aromatic rings. The van der Waals surface area contributed by atoms with Gasteiger partial charge in [-0.1, -0.05) is 41.0 Å². The molecule has 11 nitrogen and oxygen atoms in total. The van der Waals surface area contributed by atoms with Crippen molar-refractivity contribution in [1.82, 2.24) is 20.4 Å². The lowest BCUT2D eigenvalue weighted by Gasteiger charge is -2.29. The first-order valence-electron chi connectivity index (χ1n) is 16.1. The van der Waals surface area contributed by atoms with E-state index in [2.05, 4.69) is 30.3 Å². The van der Waals surface area contributed by atoms with Crippen molar-refractivity contribution in [2.45, 2.75) is 64.9 Å². The summed E-state index contributed by atoms with van der Waals surface area (Å²) >= 11 is 6.43. The molecule has 5 rings (SSSR count). The number of aromatic amines is 1. The average molecular weight is 674 g/mol. The molecule has 1 saturated carbocycles. The number of halogens is 1. The quantitative estimate of drug-likeness (QED) is 0.156. The number of rotatable bonds is 11. The fourth-order valence-corrected chi connectivity index (χ4v) is 6.16. The fraction of sp³-hybridized carbons (Fsp3) is 0.389. The number of alkyl carbamates (subject to hydrolysis) is 1. The number of carbonyl (C=O) groups excluding carboxylic acids is 3. The van der Waals surface area contributed by atoms with Crippen molar-refractivity contribution >= 4 is 35.1 Å². The first-order valence-corrected chi connectivity index (χ1v) is 16.5. The van der Waals surface area contributed by atoms with Crippen molar-refractivity contribution in [2.75, 3.05) is 11.9 Å². The van der Waals surface area contributed by atoms with Crippen molar-refractivity contribution < 1.29 is 23.6 Å². The van der Waals surface area contributed by atoms with E-state index < -0.39 is 23.4 Å². The van der Waals surface area contributed by atoms with E-state index in [1.165, 1.54) is 0 Å². The van der Waals surface area contributed by atoms with E-state index in [4.69, 9.17) is 16.3 Å². The fourth-order valence-electron chi connectivity index (χ4n) is 5.95. The molecule has 2 amide bonds. The number of nitrogens with zero attached hydrogens (tertiary/aromatic N) is 2. The number of Topliss-reactive ketones (excluding diaryl/α,β-unsaturated/α-hetero) is 1. The molecule has 2 aromatic heterocycles. The van der Waals surface area contributed by atoms with E-state index in [0.717, 1.165) is 29.5 Å². The van der Waals surface area contributed by atoms with Gasteiger partial charge in [0.2, 0.25) is 5.91 Å². The number of hydrogen-bond acceptors (Lipinski definition) is 8. The number of ketones is 1. The molecule has 0 aliphatic heterocycles. The Morgan fingerprint density at radius 2 is 1.79 bits per heavy atom. The van der Waals surface area contributed by atoms with Gasteiger partial charge in [-0.25, -0.2) is 9.59 Å². The van der Waals surface area contributed by atoms with Crippen LogP contribution in [0.25, 0.3) is 22.5 Å². The van der Waals surface area contributed by atoms with Gasteiger partial charge in [-0.2, -0.15) is 0 Å². The summed E-state index contributed by atoms with van der Waals surface area (Å²) in [6.07, 6.45) is 6.34. The zero-order valence-corrected chi connectivity index (χ0v) is 28.0. The molecule has 252 valence electrons. The predicted octanol–water partition coefficient (Wildman–Crippen LogP) is 6.83. The summed E-state index contributed by atoms with van der Waals surface area (Å²) in [5.74, 6) is -1.10. The van der Waals surface area contributed by atoms with Crippen LogP contribution in [-0.2, 0) is 20.7 Å². The monoisotopic (exact) mass is 673 g/mol. The number of anilines is 1. The van der Waals surface area contributed by atoms with Gasteiger partial charge in [0.1, 0.15) is 11.4 Å². The normalized spacial score (nSPS) is 16.9. The minimum absolute atomic E-state index is 0.0606. The zero-order chi connectivity index (χ0) is 34.3. The summed E-state index contributed by atoms with van der Waals surface area (Å²) in [4.78, 5) is 57.6. The third kappa shape index (κ3) is 9.63. The molecule has 2 aromatic carbocycles. The van der Waals surface area contributed by atoms with Gasteiger partial charge in [-0.3, -0.25) is 24.1 Å². The largest absolute Gasteiger partial charge is 0.444 e. The molecule has 0 radical (unpaired) electrons. The van der Waals surface area contributed by atoms with Crippen LogP contribution in [0.15, 0.2) is 76.3 Å². The summed E-state index contributed by atoms with van der Waals surface area (Å²) in [6.45, 7) is 5.97. The second-order valence-corrected chi connectivity index (χ2v) is 13.6. The SMILES string of the molecule is CC(C)(C)OC(=O)NCC1CCC(C(=O)C[C@@H](Cc2cccc(-c3cnccc3Cl)c2)C(=O)Nc2ccc(-c3noc(=O)[nH]3)cc2)CC1. The highest BCUT2D eigenvalue weighted by molar-refractivity contribution is 6.33. The molecule has 1 atom stereocenters. The van der Waals surface area contributed by atoms with Crippen LogP contribution in [0.3, 0.4) is 0 Å². The molecule has 0 bridgehead atoms. The van der Waals surface area contributed by atoms with Gasteiger partial charge in [0, 0.05) is 54.0 Å². The number of amides is 2. The Hall–Kier alpha value is -4.77. The first kappa shape index (κ1) is 34.6. The highest BCUT2D eigenvalue weighted by Gasteiger charge is 2.31. The third-order valence-electron chi connectivity index (χ3n) is 8.41. The molecule has 0 spiro atoms. The molecule has 3 N–H and O–H groups in total. The highest BCUT2D eigenvalue weighted by Crippen LogP contribution is 2.32. The van der Waals surface area contributed by atoms with Crippen LogP contribution in [0.2, 0.25) is 5.02 Å². The van der Waals surface area contributed by atoms with Gasteiger partial charge in [-0.05, 0) is 100 Å². The molecule has 12 heteroatoms. The summed E-state index contributed by atoms with van der Waals surface area (Å²) in [6, 6.07) is 16.3. The molecule has 1 aliphatic carbocycles. The van der Waals surface area contributed by atoms with E-state index >= 15 is 0 Å². The van der Waals surface area contributed by atoms with E-state index in [0.29, 0.717) is 42.1 Å². The standard InChI is InChI=1S/C36H40ClN5O6/c1-36(2,3)47-34(45)39-20-22-7-9-24(10-8-22)31(43)19-27(18-23-5-4-6-26(17-23)29-21-38-16-15-30(29)37)33(44)40-28-13-11-25(12-14-28)32-41-35(46)48-42-32/h4-6,11-17,21-22,24,27H,7-10,18-20H2,1-3H3,(H,39,45)(H,40,44)(H,41,42,46)/t22?,24?,27-/m1/s1. The number of pyridine rings is 1. The van der Waals surface area contributed by atoms with Crippen LogP contribution >= 0.6 is 11.6 Å². The Morgan fingerprint density at radius 1 is 1.04 bits per heavy atom. The summed E-state index contributed by atoms with van der Waals surface area (Å²) in [5.41, 5.74) is 3.14. The van der Waals surface area contributed by atoms with Crippen LogP contribution in [0.4, 0.5) is 10.5 Å². The van der Waals surface area contributed by atoms with Crippen molar-refractivity contribution in [2.24, 2.45) is 17.8 Å². The maximum atomic E-state index is 13.8. The van der Waals surface area contributed by atoms with E-state index in [1.54, 1.807) is 42.7 Å². The molecule has 1 fully saturated rings. The first-order chi connectivity index (χ1) is 22.9. The second kappa shape index (κ2) is 15.4. The minimum Gasteiger partial charge on any atom is -0.444 e. The number of nitrogens with one attached hydrogen (secondary N) is 3. The van der Waals surface area contributed by atoms with Crippen molar-refractivity contribution in [3.8, 4) is 22.5 Å². The molecular formula is C36H40ClN5O6. The van der Waals surface area contributed by atoms with Crippen LogP contribution in [0, 0.1) is 17.8 Å². The Balaban J connectivity index is 1.26. The van der Waals surface area contributed by atoms with Crippen molar-refractivity contribution in [3.05, 3.63) is 88.1 Å². The molecule has 2 heterocycles. The number of carbonyl (C=O) groups is 3. The van der Waals surface area contributed by atoms with Crippen LogP contribution in [0.5, 0.6) is 0 Å². The smallest absolute Gasteiger partial charge is 0.439 e. The number of benzene rings is 2. The van der Waals surface area contributed by atoms with Crippen LogP contribution in [0.1, 0.15) is 58.4 Å². The lowest BCUT2D eigenvalue weighted by Crippen LogP contribution is -2.37. The molecular weight excluding hydrogens is 634 g/mol. The van der Waals surface area contributed by atoms with Gasteiger partial charge >= 0.3 is 11.8 Å². The summed E-state index contributed by atoms with van der Waals surface area (Å²) in [7, 11) is 0. The molecule has 48 heavy (non-hydrogen) atoms. The highest BCUT2D eigenvalue weighted by atomic mass is 35.5. The lowest BCUT2D eigenvalue weighted by atomic mass is 9.77. The van der Waals surface area contributed by atoms with E-state index in [9.17, 15) is 19.2 Å². The maximum absolute atomic E-state index is 13.8. The van der Waals surface area contributed by atoms with E-state index in [-0.39, 0.29) is 35.8 Å². The van der Waals surface area contributed by atoms with Gasteiger partial charge in [0.25, 0.3) is 0 Å². The third-order valence-corrected chi connectivity index (χ3v) is 8.74. The van der Waals surface area contributed by atoms with Gasteiger partial charge < -0.3 is 15.4 Å². The minimum atomic E-state index is -0.657. The Bertz CT molecular complexity index is 1790. The van der Waals surface area contributed by atoms with Crippen molar-refractivity contribution in [1.29, 1.82) is 0 Å². The van der Waals surface area contributed by atoms with Crippen LogP contribution in [-0.4, -0.2) is 45.1 Å². The van der Waals surface area contributed by atoms with Crippen LogP contribution < -0.4 is 16.4 Å². The number of ether oxygens (including phenoxy) is 1. The maximum Gasteiger partial charge on any atom is 0.439 e. The lowest BCUT2D eigenvalue weighted by molar-refractivity contribution is -0.129. The topological polar surface area (TPSA) is 156 Å². The van der Waals surface area contributed by atoms with Gasteiger partial charge in [0.15, 0.2) is 5.82 Å². The van der Waals surface area contributed by atoms with Crippen molar-refractivity contribution in [3.63, 3.8) is 0 Å². The van der Waals surface area contributed by atoms with Gasteiger partial charge in [0.05, 0.1) is 5.02 Å². The Labute approximate surface area is 283 Å². The van der Waals surface area contributed by atoms with Gasteiger partial charge in [-0.15, -0.1) is 0 Å². The average Bonchev–Trinajstić information content (AvgIpc) is 3.49. The second-order valence-electron chi connectivity index (χ2n) is 13.2. The number of H-pyrrole nitrogens is 1. The molecule has 0 unspecified atom stereocenters. The Morgan fingerprint density at radius 3 is 2.46 bits per heavy atom. The predicted molar refractivity (Wildman–Crippen MR) is 182 cm³/mol. The summed E-state index contributed by atoms with van der Waals surface area (Å²) in [5, 5.41) is 10.1. The molecule has 1 aliphatic rings. The number of hydrogen-bond donors (Lipinski definition) is 3. The zero-order valence-electron chi connectivity index (χ0n) is 27.3. The Kier molecular flexibility index (Phi) is 11.1. The summed E-state index contributed by atoms with van der Waals surface area (Å²) < 4.78 is 9.92. The molecule has 0 saturated heterocycles. The number of aromatic nitrogens is 3. The van der Waals surface area contributed by atoms with E-state index in [1.807, 2.05) is 45.0 Å².